The number of halogens is 1. The van der Waals surface area contributed by atoms with Gasteiger partial charge in [-0.15, -0.1) is 12.4 Å². The summed E-state index contributed by atoms with van der Waals surface area (Å²) in [5.41, 5.74) is 1.23. The number of benzene rings is 1. The Morgan fingerprint density at radius 1 is 1.27 bits per heavy atom. The zero-order valence-corrected chi connectivity index (χ0v) is 14.6. The van der Waals surface area contributed by atoms with E-state index < -0.39 is 5.60 Å². The number of nitrogens with zero attached hydrogens (tertiary/aromatic N) is 1. The van der Waals surface area contributed by atoms with Gasteiger partial charge in [0.1, 0.15) is 5.75 Å². The number of fused-ring (bicyclic) bond motifs is 2. The molecule has 3 nitrogen and oxygen atoms in total. The van der Waals surface area contributed by atoms with Gasteiger partial charge in [0.15, 0.2) is 0 Å². The molecule has 2 aliphatic carbocycles. The minimum absolute atomic E-state index is 0. The molecule has 2 fully saturated rings. The van der Waals surface area contributed by atoms with E-state index in [1.807, 2.05) is 13.0 Å². The zero-order valence-electron chi connectivity index (χ0n) is 13.7. The first-order valence-corrected chi connectivity index (χ1v) is 8.07. The molecule has 22 heavy (non-hydrogen) atoms. The minimum Gasteiger partial charge on any atom is -0.508 e. The van der Waals surface area contributed by atoms with E-state index in [0.29, 0.717) is 11.8 Å². The number of phenols is 1. The fourth-order valence-corrected chi connectivity index (χ4v) is 4.73. The fourth-order valence-electron chi connectivity index (χ4n) is 4.73. The highest BCUT2D eigenvalue weighted by Crippen LogP contribution is 2.55. The SMILES string of the molecule is Cc1ccc(O)cc1C1(O)CC2CCC(C2)C1CN(C)C.Cl. The van der Waals surface area contributed by atoms with E-state index in [0.717, 1.165) is 24.1 Å². The maximum Gasteiger partial charge on any atom is 0.115 e. The molecule has 0 amide bonds. The van der Waals surface area contributed by atoms with Gasteiger partial charge < -0.3 is 15.1 Å². The first kappa shape index (κ1) is 17.6. The monoisotopic (exact) mass is 325 g/mol. The molecular weight excluding hydrogens is 298 g/mol. The molecule has 0 aliphatic heterocycles. The van der Waals surface area contributed by atoms with E-state index in [1.165, 1.54) is 19.3 Å². The molecule has 1 aromatic rings. The minimum atomic E-state index is -0.794. The Kier molecular flexibility index (Phi) is 5.10. The molecule has 4 heteroatoms. The lowest BCUT2D eigenvalue weighted by atomic mass is 9.65. The van der Waals surface area contributed by atoms with Crippen LogP contribution in [0.2, 0.25) is 0 Å². The Balaban J connectivity index is 0.00000176. The Morgan fingerprint density at radius 3 is 2.68 bits per heavy atom. The topological polar surface area (TPSA) is 43.7 Å². The molecule has 124 valence electrons. The molecule has 0 spiro atoms. The lowest BCUT2D eigenvalue weighted by Gasteiger charge is -2.46. The predicted molar refractivity (Wildman–Crippen MR) is 91.5 cm³/mol. The third-order valence-corrected chi connectivity index (χ3v) is 5.61. The summed E-state index contributed by atoms with van der Waals surface area (Å²) in [5, 5.41) is 21.5. The van der Waals surface area contributed by atoms with Crippen LogP contribution in [0, 0.1) is 24.7 Å². The molecule has 3 rings (SSSR count). The van der Waals surface area contributed by atoms with Crippen LogP contribution in [0.15, 0.2) is 18.2 Å². The smallest absolute Gasteiger partial charge is 0.115 e. The van der Waals surface area contributed by atoms with Crippen molar-refractivity contribution < 1.29 is 10.2 Å². The van der Waals surface area contributed by atoms with Crippen molar-refractivity contribution in [2.45, 2.75) is 38.2 Å². The molecule has 4 atom stereocenters. The Labute approximate surface area is 139 Å². The van der Waals surface area contributed by atoms with Crippen molar-refractivity contribution in [3.8, 4) is 5.75 Å². The second kappa shape index (κ2) is 6.38. The van der Waals surface area contributed by atoms with Crippen LogP contribution in [0.1, 0.15) is 36.8 Å². The van der Waals surface area contributed by atoms with Crippen molar-refractivity contribution in [1.29, 1.82) is 0 Å². The highest BCUT2D eigenvalue weighted by atomic mass is 35.5. The number of aliphatic hydroxyl groups is 1. The Bertz CT molecular complexity index is 534. The number of phenolic OH excluding ortho intramolecular Hbond substituents is 1. The second-order valence-electron chi connectivity index (χ2n) is 7.44. The van der Waals surface area contributed by atoms with Crippen molar-refractivity contribution in [2.75, 3.05) is 20.6 Å². The quantitative estimate of drug-likeness (QED) is 0.896. The van der Waals surface area contributed by atoms with Gasteiger partial charge in [-0.25, -0.2) is 0 Å². The van der Waals surface area contributed by atoms with E-state index >= 15 is 0 Å². The summed E-state index contributed by atoms with van der Waals surface area (Å²) in [4.78, 5) is 2.19. The summed E-state index contributed by atoms with van der Waals surface area (Å²) in [6, 6.07) is 5.41. The van der Waals surface area contributed by atoms with E-state index in [2.05, 4.69) is 19.0 Å². The lowest BCUT2D eigenvalue weighted by molar-refractivity contribution is -0.0896. The van der Waals surface area contributed by atoms with Crippen LogP contribution in [0.3, 0.4) is 0 Å². The van der Waals surface area contributed by atoms with Crippen LogP contribution in [0.5, 0.6) is 5.75 Å². The summed E-state index contributed by atoms with van der Waals surface area (Å²) in [5.74, 6) is 1.76. The van der Waals surface area contributed by atoms with Gasteiger partial charge in [0.25, 0.3) is 0 Å². The summed E-state index contributed by atoms with van der Waals surface area (Å²) >= 11 is 0. The largest absolute Gasteiger partial charge is 0.508 e. The fraction of sp³-hybridized carbons (Fsp3) is 0.667. The summed E-state index contributed by atoms with van der Waals surface area (Å²) in [6.07, 6.45) is 4.59. The number of rotatable bonds is 3. The number of hydrogen-bond donors (Lipinski definition) is 2. The van der Waals surface area contributed by atoms with Crippen LogP contribution in [-0.4, -0.2) is 35.8 Å². The number of aromatic hydroxyl groups is 1. The summed E-state index contributed by atoms with van der Waals surface area (Å²) in [6.45, 7) is 2.94. The van der Waals surface area contributed by atoms with Crippen LogP contribution >= 0.6 is 12.4 Å². The van der Waals surface area contributed by atoms with Crippen LogP contribution in [-0.2, 0) is 5.60 Å². The highest BCUT2D eigenvalue weighted by molar-refractivity contribution is 5.85. The highest BCUT2D eigenvalue weighted by Gasteiger charge is 2.51. The van der Waals surface area contributed by atoms with E-state index in [4.69, 9.17) is 0 Å². The molecule has 2 N–H and O–H groups in total. The zero-order chi connectivity index (χ0) is 15.2. The average molecular weight is 326 g/mol. The molecule has 1 aromatic carbocycles. The van der Waals surface area contributed by atoms with Crippen molar-refractivity contribution in [3.63, 3.8) is 0 Å². The van der Waals surface area contributed by atoms with Gasteiger partial charge in [-0.3, -0.25) is 0 Å². The number of aryl methyl sites for hydroxylation is 1. The van der Waals surface area contributed by atoms with Gasteiger partial charge in [0.2, 0.25) is 0 Å². The van der Waals surface area contributed by atoms with Crippen molar-refractivity contribution in [1.82, 2.24) is 4.90 Å². The van der Waals surface area contributed by atoms with Gasteiger partial charge in [-0.2, -0.15) is 0 Å². The van der Waals surface area contributed by atoms with E-state index in [9.17, 15) is 10.2 Å². The van der Waals surface area contributed by atoms with E-state index in [1.54, 1.807) is 12.1 Å². The second-order valence-corrected chi connectivity index (χ2v) is 7.44. The van der Waals surface area contributed by atoms with E-state index in [-0.39, 0.29) is 24.1 Å². The summed E-state index contributed by atoms with van der Waals surface area (Å²) in [7, 11) is 4.16. The Morgan fingerprint density at radius 2 is 2.00 bits per heavy atom. The lowest BCUT2D eigenvalue weighted by Crippen LogP contribution is -2.47. The standard InChI is InChI=1S/C18H27NO2.ClH/c1-12-4-7-15(20)9-16(12)18(21)10-13-5-6-14(8-13)17(18)11-19(2)3;/h4,7,9,13-14,17,20-21H,5-6,8,10-11H2,1-3H3;1H. The molecule has 0 radical (unpaired) electrons. The first-order chi connectivity index (χ1) is 9.90. The number of hydrogen-bond acceptors (Lipinski definition) is 3. The normalized spacial score (nSPS) is 33.8. The maximum atomic E-state index is 11.6. The Hall–Kier alpha value is -0.770. The van der Waals surface area contributed by atoms with Gasteiger partial charge in [0.05, 0.1) is 5.60 Å². The van der Waals surface area contributed by atoms with Gasteiger partial charge >= 0.3 is 0 Å². The van der Waals surface area contributed by atoms with Crippen molar-refractivity contribution in [3.05, 3.63) is 29.3 Å². The molecule has 4 unspecified atom stereocenters. The molecular formula is C18H28ClNO2. The molecule has 2 bridgehead atoms. The van der Waals surface area contributed by atoms with Gasteiger partial charge in [0, 0.05) is 12.5 Å². The predicted octanol–water partition coefficient (Wildman–Crippen LogP) is 3.31. The van der Waals surface area contributed by atoms with Crippen molar-refractivity contribution >= 4 is 12.4 Å². The maximum absolute atomic E-state index is 11.6. The molecule has 0 aromatic heterocycles. The van der Waals surface area contributed by atoms with Crippen LogP contribution in [0.4, 0.5) is 0 Å². The van der Waals surface area contributed by atoms with Gasteiger partial charge in [-0.1, -0.05) is 12.5 Å². The molecule has 0 heterocycles. The third-order valence-electron chi connectivity index (χ3n) is 5.61. The average Bonchev–Trinajstić information content (AvgIpc) is 2.81. The molecule has 2 aliphatic rings. The van der Waals surface area contributed by atoms with Crippen molar-refractivity contribution in [2.24, 2.45) is 17.8 Å². The van der Waals surface area contributed by atoms with Crippen LogP contribution in [0.25, 0.3) is 0 Å². The third kappa shape index (κ3) is 2.99. The van der Waals surface area contributed by atoms with Gasteiger partial charge in [-0.05, 0) is 75.4 Å². The summed E-state index contributed by atoms with van der Waals surface area (Å²) < 4.78 is 0. The molecule has 0 saturated heterocycles. The first-order valence-electron chi connectivity index (χ1n) is 8.07. The molecule has 2 saturated carbocycles. The van der Waals surface area contributed by atoms with Crippen LogP contribution < -0.4 is 0 Å².